The van der Waals surface area contributed by atoms with Gasteiger partial charge in [-0.1, -0.05) is 0 Å². The van der Waals surface area contributed by atoms with Crippen LogP contribution in [0.4, 0.5) is 28.2 Å². The molecule has 0 nitrogen and oxygen atoms in total. The molecule has 0 amide bonds. The van der Waals surface area contributed by atoms with E-state index >= 15 is 0 Å². The Bertz CT molecular complexity index is 8.26. The van der Waals surface area contributed by atoms with Crippen molar-refractivity contribution in [1.29, 1.82) is 0 Å². The molecule has 0 aliphatic carbocycles. The van der Waals surface area contributed by atoms with Crippen LogP contribution in [0.1, 0.15) is 0 Å². The molecule has 0 rings (SSSR count). The Kier molecular flexibility index (Phi) is 10600000. The molecule has 0 aromatic heterocycles. The van der Waals surface area contributed by atoms with Crippen LogP contribution in [-0.2, 0) is 0 Å². The Labute approximate surface area is 62.1 Å². The van der Waals surface area contributed by atoms with Crippen molar-refractivity contribution >= 4 is 32.9 Å². The van der Waals surface area contributed by atoms with Crippen molar-refractivity contribution in [2.45, 2.75) is 0 Å². The molecule has 0 N–H and O–H groups in total. The Balaban J connectivity index is 0. The molecule has 9 heteroatoms. The normalized spacial score (nSPS) is 0. The summed E-state index contributed by atoms with van der Waals surface area (Å²) >= 11 is 0. The van der Waals surface area contributed by atoms with E-state index < -0.39 is 0 Å². The smallest absolute Gasteiger partial charge is 0.0149 e. The average molecular weight is 216 g/mol. The van der Waals surface area contributed by atoms with E-state index in [9.17, 15) is 0 Å². The lowest BCUT2D eigenvalue weighted by Crippen LogP contribution is -0.382. The summed E-state index contributed by atoms with van der Waals surface area (Å²) in [4.78, 5) is 0. The van der Waals surface area contributed by atoms with Crippen LogP contribution < -0.4 is 0 Å². The summed E-state index contributed by atoms with van der Waals surface area (Å²) in [7, 11) is 0. The van der Waals surface area contributed by atoms with Crippen molar-refractivity contribution < 1.29 is 28.2 Å². The van der Waals surface area contributed by atoms with Crippen LogP contribution in [0.2, 0.25) is 0 Å². The van der Waals surface area contributed by atoms with Crippen LogP contribution in [-0.4, -0.2) is 32.9 Å². The first-order valence-corrected chi connectivity index (χ1v) is 0. The Hall–Kier alpha value is 0.231. The summed E-state index contributed by atoms with van der Waals surface area (Å²) in [6.45, 7) is 0. The summed E-state index contributed by atoms with van der Waals surface area (Å²) < 4.78 is 0. The predicted octanol–water partition coefficient (Wildman–Crippen LogP) is -3.44. The van der Waals surface area contributed by atoms with Crippen molar-refractivity contribution in [3.8, 4) is 0 Å². The van der Waals surface area contributed by atoms with Gasteiger partial charge < -0.3 is 0 Å². The lowest BCUT2D eigenvalue weighted by atomic mass is 19.0. The van der Waals surface area contributed by atoms with E-state index in [0.29, 0.717) is 0 Å². The first kappa shape index (κ1) is 11800. The van der Waals surface area contributed by atoms with Gasteiger partial charge in [-0.2, -0.15) is 0 Å². The summed E-state index contributed by atoms with van der Waals surface area (Å²) in [6, 6.07) is 0. The molecule has 0 bridgehead atoms. The third kappa shape index (κ3) is 6010. The molecule has 72 valence electrons. The molecule has 0 atom stereocenters. The number of hydrogen-bond donors (Lipinski definition) is 0. The van der Waals surface area contributed by atoms with E-state index in [0.717, 1.165) is 0 Å². The van der Waals surface area contributed by atoms with E-state index in [1.807, 2.05) is 0 Å². The van der Waals surface area contributed by atoms with Gasteiger partial charge in [0.1, 0.15) is 0 Å². The molecule has 0 aliphatic rings. The van der Waals surface area contributed by atoms with E-state index in [1.165, 1.54) is 0 Å². The zero-order chi connectivity index (χ0) is 0. The SMILES string of the molecule is F.F.F.F.F.F.[SiH4].[SiH4].[SiH4]. The second-order valence-electron chi connectivity index (χ2n) is 0. The molecule has 9 heavy (non-hydrogen) atoms. The fraction of sp³-hybridized carbons (Fsp3) is 0. The highest BCUT2D eigenvalue weighted by Gasteiger charge is -0.0128. The molecule has 0 aromatic carbocycles. The molecule has 0 aliphatic heterocycles. The standard InChI is InChI=1S/6FH.3H4Si/h6*1H;3*1H4. The maximum Gasteiger partial charge on any atom is -0.0149 e. The maximum atomic E-state index is 0. The molecule has 0 saturated heterocycles. The van der Waals surface area contributed by atoms with Crippen LogP contribution in [0.15, 0.2) is 0 Å². The monoisotopic (exact) mass is 216 g/mol. The van der Waals surface area contributed by atoms with Crippen LogP contribution >= 0.6 is 0 Å². The van der Waals surface area contributed by atoms with Gasteiger partial charge in [0.05, 0.1) is 0 Å². The Morgan fingerprint density at radius 2 is 0.222 bits per heavy atom. The van der Waals surface area contributed by atoms with Crippen molar-refractivity contribution in [2.24, 2.45) is 0 Å². The lowest BCUT2D eigenvalue weighted by Gasteiger charge is -0.270. The molecule has 0 aromatic rings. The Morgan fingerprint density at radius 3 is 0.222 bits per heavy atom. The van der Waals surface area contributed by atoms with Gasteiger partial charge in [-0.15, -0.1) is 0 Å². The van der Waals surface area contributed by atoms with Crippen LogP contribution in [0, 0.1) is 0 Å². The lowest BCUT2D eigenvalue weighted by molar-refractivity contribution is 1.11. The van der Waals surface area contributed by atoms with E-state index in [2.05, 4.69) is 0 Å². The first-order chi connectivity index (χ1) is 0. The molecule has 0 heterocycles. The molecule has 0 fully saturated rings. The Morgan fingerprint density at radius 1 is 0.222 bits per heavy atom. The highest BCUT2D eigenvalue weighted by atomic mass is 28.1. The topological polar surface area (TPSA) is 0 Å². The number of hydrogen-bond acceptors (Lipinski definition) is 0. The van der Waals surface area contributed by atoms with Gasteiger partial charge in [0.25, 0.3) is 0 Å². The minimum atomic E-state index is 0. The van der Waals surface area contributed by atoms with Crippen LogP contribution in [0.3, 0.4) is 0 Å². The van der Waals surface area contributed by atoms with Crippen LogP contribution in [0.5, 0.6) is 0 Å². The fourth-order valence-electron chi connectivity index (χ4n) is 0. The van der Waals surface area contributed by atoms with Crippen molar-refractivity contribution in [2.75, 3.05) is 0 Å². The highest BCUT2D eigenvalue weighted by molar-refractivity contribution is 5.76. The third-order valence-corrected chi connectivity index (χ3v) is 0. The predicted molar refractivity (Wildman–Crippen MR) is 49.0 cm³/mol. The summed E-state index contributed by atoms with van der Waals surface area (Å²) in [5, 5.41) is 0. The zero-order valence-electron chi connectivity index (χ0n) is 2.45. The van der Waals surface area contributed by atoms with Gasteiger partial charge in [-0.25, -0.2) is 0 Å². The number of rotatable bonds is 0. The quantitative estimate of drug-likeness (QED) is 0.292. The third-order valence-electron chi connectivity index (χ3n) is 0. The highest BCUT2D eigenvalue weighted by Crippen LogP contribution is 0.425. The maximum absolute atomic E-state index is 0. The van der Waals surface area contributed by atoms with E-state index in [1.54, 1.807) is 0 Å². The van der Waals surface area contributed by atoms with Crippen molar-refractivity contribution in [3.05, 3.63) is 0 Å². The summed E-state index contributed by atoms with van der Waals surface area (Å²) in [5.41, 5.74) is 0. The molecular weight excluding hydrogens is 198 g/mol. The van der Waals surface area contributed by atoms with Gasteiger partial charge in [-0.05, 0) is 32.9 Å². The summed E-state index contributed by atoms with van der Waals surface area (Å²) in [6.07, 6.45) is 0. The van der Waals surface area contributed by atoms with Crippen LogP contribution in [0.25, 0.3) is 0 Å². The zero-order valence-corrected chi connectivity index (χ0v) is 2.45. The second-order valence-corrected chi connectivity index (χ2v) is 0. The molecule has 0 unspecified atom stereocenters. The van der Waals surface area contributed by atoms with E-state index in [4.69, 9.17) is 0 Å². The first-order valence-electron chi connectivity index (χ1n) is 0. The minimum Gasteiger partial charge on any atom is -0.269 e. The average Bonchev–Trinajstić information content (AvgIpc) is 0. The number of halogens is 6. The second kappa shape index (κ2) is 8090. The minimum absolute atomic E-state index is 0. The molecular formula is H18F6Si3. The van der Waals surface area contributed by atoms with Gasteiger partial charge >= 0.3 is 0 Å². The van der Waals surface area contributed by atoms with Gasteiger partial charge in [-0.3, -0.25) is 28.2 Å². The summed E-state index contributed by atoms with van der Waals surface area (Å²) in [5.74, 6) is 0. The van der Waals surface area contributed by atoms with Gasteiger partial charge in [0.2, 0.25) is 0 Å². The fourth-order valence-corrected chi connectivity index (χ4v) is 0. The molecule has 0 spiro atoms. The largest absolute Gasteiger partial charge is 0.269 e. The molecule has 0 saturated carbocycles. The van der Waals surface area contributed by atoms with Crippen molar-refractivity contribution in [1.82, 2.24) is 0 Å². The van der Waals surface area contributed by atoms with E-state index in [-0.39, 0.29) is 61.1 Å². The van der Waals surface area contributed by atoms with Gasteiger partial charge in [0.15, 0.2) is 0 Å². The molecule has 0 radical (unpaired) electrons. The van der Waals surface area contributed by atoms with Gasteiger partial charge in [0, 0.05) is 0 Å². The van der Waals surface area contributed by atoms with Crippen molar-refractivity contribution in [3.63, 3.8) is 0 Å².